The van der Waals surface area contributed by atoms with Crippen molar-refractivity contribution >= 4 is 71.3 Å². The normalized spacial score (nSPS) is 29.4. The summed E-state index contributed by atoms with van der Waals surface area (Å²) in [6.07, 6.45) is 0.667. The minimum absolute atomic E-state index is 0.0729. The number of carboxylic acid groups (broad SMARTS) is 1. The van der Waals surface area contributed by atoms with Gasteiger partial charge in [0.1, 0.15) is 11.6 Å². The fourth-order valence-electron chi connectivity index (χ4n) is 9.39. The fraction of sp³-hybridized carbons (Fsp3) is 0.838. The number of unbranched alkanes of at least 4 members (excludes halogenated alkanes) is 1. The predicted octanol–water partition coefficient (Wildman–Crippen LogP) is 4.13. The van der Waals surface area contributed by atoms with Crippen LogP contribution in [0.25, 0.3) is 0 Å². The van der Waals surface area contributed by atoms with Gasteiger partial charge in [-0.25, -0.2) is 10.6 Å². The first-order valence-corrected chi connectivity index (χ1v) is 26.3. The quantitative estimate of drug-likeness (QED) is 0.0373. The van der Waals surface area contributed by atoms with Crippen molar-refractivity contribution in [3.8, 4) is 6.07 Å². The van der Waals surface area contributed by atoms with E-state index in [-0.39, 0.29) is 61.9 Å². The van der Waals surface area contributed by atoms with Crippen LogP contribution in [0, 0.1) is 23.2 Å². The van der Waals surface area contributed by atoms with Gasteiger partial charge in [-0.15, -0.1) is 28.3 Å². The molecule has 1 aromatic heterocycles. The van der Waals surface area contributed by atoms with Gasteiger partial charge in [-0.3, -0.25) is 23.2 Å². The van der Waals surface area contributed by atoms with Crippen LogP contribution in [0.15, 0.2) is 10.2 Å². The molecule has 0 radical (unpaired) electrons. The highest BCUT2D eigenvalue weighted by Crippen LogP contribution is 2.47. The lowest BCUT2D eigenvalue weighted by atomic mass is 9.74. The summed E-state index contributed by atoms with van der Waals surface area (Å²) in [6, 6.07) is 0.151. The number of amides is 1. The Morgan fingerprint density at radius 3 is 2.02 bits per heavy atom. The molecule has 21 nitrogen and oxygen atoms in total. The van der Waals surface area contributed by atoms with Gasteiger partial charge in [0.2, 0.25) is 5.91 Å². The van der Waals surface area contributed by atoms with Gasteiger partial charge < -0.3 is 20.2 Å². The number of hydrogen-bond acceptors (Lipinski definition) is 15. The Morgan fingerprint density at radius 2 is 1.52 bits per heavy atom. The Balaban J connectivity index is 1.64. The second-order valence-electron chi connectivity index (χ2n) is 18.0. The van der Waals surface area contributed by atoms with Crippen LogP contribution in [0.2, 0.25) is 0 Å². The summed E-state index contributed by atoms with van der Waals surface area (Å²) in [7, 11) is -13.6. The van der Waals surface area contributed by atoms with E-state index in [4.69, 9.17) is 44.1 Å². The zero-order valence-electron chi connectivity index (χ0n) is 35.7. The Morgan fingerprint density at radius 1 is 0.952 bits per heavy atom. The third kappa shape index (κ3) is 14.7. The predicted molar refractivity (Wildman–Crippen MR) is 231 cm³/mol. The van der Waals surface area contributed by atoms with Crippen molar-refractivity contribution in [2.45, 2.75) is 162 Å². The average molecular weight is 992 g/mol. The molecule has 358 valence electrons. The van der Waals surface area contributed by atoms with Crippen molar-refractivity contribution in [1.29, 1.82) is 5.26 Å². The summed E-state index contributed by atoms with van der Waals surface area (Å²) in [4.78, 5) is 31.2. The van der Waals surface area contributed by atoms with Crippen molar-refractivity contribution < 1.29 is 58.4 Å². The first-order chi connectivity index (χ1) is 29.1. The molecule has 3 fully saturated rings. The van der Waals surface area contributed by atoms with Crippen molar-refractivity contribution in [2.75, 3.05) is 18.8 Å². The number of nitrogens with one attached hydrogen (secondary N) is 1. The first-order valence-electron chi connectivity index (χ1n) is 20.8. The molecule has 1 aromatic rings. The molecule has 26 heteroatoms. The molecule has 3 aliphatic rings. The average Bonchev–Trinajstić information content (AvgIpc) is 3.52. The number of nitriles is 1. The van der Waals surface area contributed by atoms with Gasteiger partial charge in [-0.2, -0.15) is 40.7 Å². The first kappa shape index (κ1) is 53.0. The van der Waals surface area contributed by atoms with Crippen molar-refractivity contribution in [3.63, 3.8) is 0 Å². The van der Waals surface area contributed by atoms with Crippen LogP contribution in [0.5, 0.6) is 0 Å². The van der Waals surface area contributed by atoms with Gasteiger partial charge >= 0.3 is 5.97 Å². The molecule has 1 heterocycles. The maximum atomic E-state index is 12.5. The van der Waals surface area contributed by atoms with Gasteiger partial charge in [0.15, 0.2) is 5.82 Å². The maximum absolute atomic E-state index is 12.5. The fourth-order valence-corrected chi connectivity index (χ4v) is 13.1. The number of alkyl halides is 2. The molecule has 3 aliphatic carbocycles. The van der Waals surface area contributed by atoms with Gasteiger partial charge in [0, 0.05) is 24.8 Å². The summed E-state index contributed by atoms with van der Waals surface area (Å²) in [5.74, 6) is 2.77. The molecule has 4 rings (SSSR count). The third-order valence-electron chi connectivity index (χ3n) is 12.3. The minimum Gasteiger partial charge on any atom is -0.481 e. The number of nitrogens with two attached hydrogens (primary N) is 1. The smallest absolute Gasteiger partial charge is 0.303 e. The van der Waals surface area contributed by atoms with Crippen LogP contribution in [-0.4, -0.2) is 135 Å². The Kier molecular flexibility index (Phi) is 18.4. The molecule has 0 saturated heterocycles. The summed E-state index contributed by atoms with van der Waals surface area (Å²) in [5.41, 5.74) is -0.158. The van der Waals surface area contributed by atoms with E-state index >= 15 is 0 Å². The summed E-state index contributed by atoms with van der Waals surface area (Å²) < 4.78 is 102. The topological polar surface area (TPSA) is 334 Å². The monoisotopic (exact) mass is 990 g/mol. The molecular formula is C37H60Cl2N8O13S3. The number of azo groups is 1. The molecule has 63 heavy (non-hydrogen) atoms. The molecule has 0 aliphatic heterocycles. The minimum atomic E-state index is -4.70. The van der Waals surface area contributed by atoms with E-state index in [9.17, 15) is 58.9 Å². The van der Waals surface area contributed by atoms with Crippen molar-refractivity contribution in [1.82, 2.24) is 20.0 Å². The van der Waals surface area contributed by atoms with E-state index in [1.165, 1.54) is 11.6 Å². The van der Waals surface area contributed by atoms with Crippen LogP contribution in [-0.2, 0) is 50.2 Å². The molecule has 3 saturated carbocycles. The summed E-state index contributed by atoms with van der Waals surface area (Å²) >= 11 is 14.3. The number of carbonyl (C=O) groups excluding carboxylic acids is 1. The van der Waals surface area contributed by atoms with E-state index < -0.39 is 111 Å². The highest BCUT2D eigenvalue weighted by molar-refractivity contribution is 7.87. The number of carbonyl (C=O) groups is 2. The number of carboxylic acids is 1. The van der Waals surface area contributed by atoms with Gasteiger partial charge in [0.25, 0.3) is 30.4 Å². The van der Waals surface area contributed by atoms with Crippen LogP contribution in [0.4, 0.5) is 5.82 Å². The van der Waals surface area contributed by atoms with Crippen LogP contribution >= 0.6 is 23.2 Å². The molecule has 0 bridgehead atoms. The Labute approximate surface area is 379 Å². The van der Waals surface area contributed by atoms with Crippen LogP contribution in [0.1, 0.15) is 122 Å². The second-order valence-corrected chi connectivity index (χ2v) is 24.1. The van der Waals surface area contributed by atoms with Crippen molar-refractivity contribution in [3.05, 3.63) is 11.3 Å². The van der Waals surface area contributed by atoms with Gasteiger partial charge in [-0.1, -0.05) is 20.8 Å². The molecule has 8 atom stereocenters. The molecule has 0 spiro atoms. The SMILES string of the molecule is CC(=O)NC1CC(N(CCCCS(=O)(=O)O)CCCC(=O)O)CCC1N=Nc1c(C#N)c(C(C)(C)C)nn1C1C(Cl)CC(C(ON)C2CC(S(=O)(=O)O)CC(S(=O)(=O)O)C2)CC1Cl. The zero-order valence-corrected chi connectivity index (χ0v) is 39.6. The number of halogens is 2. The highest BCUT2D eigenvalue weighted by atomic mass is 35.5. The Hall–Kier alpha value is -2.57. The number of aromatic nitrogens is 2. The highest BCUT2D eigenvalue weighted by Gasteiger charge is 2.49. The lowest BCUT2D eigenvalue weighted by Crippen LogP contribution is -2.51. The molecular weight excluding hydrogens is 932 g/mol. The van der Waals surface area contributed by atoms with E-state index in [2.05, 4.69) is 21.4 Å². The number of aliphatic carboxylic acids is 1. The molecule has 1 amide bonds. The lowest BCUT2D eigenvalue weighted by Gasteiger charge is -2.43. The number of hydrogen-bond donors (Lipinski definition) is 6. The van der Waals surface area contributed by atoms with Gasteiger partial charge in [-0.05, 0) is 95.6 Å². The molecule has 0 aromatic carbocycles. The van der Waals surface area contributed by atoms with Gasteiger partial charge in [0.05, 0.1) is 56.9 Å². The second kappa shape index (κ2) is 21.8. The number of rotatable bonds is 19. The van der Waals surface area contributed by atoms with Crippen LogP contribution < -0.4 is 11.2 Å². The summed E-state index contributed by atoms with van der Waals surface area (Å²) in [5, 5.41) is 32.3. The Bertz CT molecular complexity index is 2130. The lowest BCUT2D eigenvalue weighted by molar-refractivity contribution is -0.137. The standard InChI is InChI=1S/C37H60Cl2N8O13S3/c1-21(48)42-31-18-24(46(12-7-8-32(49)50)11-5-6-13-61(51,52)53)9-10-30(31)43-44-36-27(20-40)35(37(2,3)4)45-47(36)33-28(38)16-23(17-29(33)39)34(60-41)22-14-25(62(54,55)56)19-26(15-22)63(57,58)59/h22-26,28-31,33-34H,5-19,41H2,1-4H3,(H,42,48)(H,49,50)(H,51,52,53)(H,54,55,56)(H,57,58,59). The van der Waals surface area contributed by atoms with E-state index in [1.54, 1.807) is 0 Å². The molecule has 7 N–H and O–H groups in total. The van der Waals surface area contributed by atoms with E-state index in [1.807, 2.05) is 20.8 Å². The molecule has 8 unspecified atom stereocenters. The zero-order chi connectivity index (χ0) is 47.2. The van der Waals surface area contributed by atoms with E-state index in [0.29, 0.717) is 50.9 Å². The third-order valence-corrected chi connectivity index (χ3v) is 16.4. The van der Waals surface area contributed by atoms with E-state index in [0.717, 1.165) is 0 Å². The largest absolute Gasteiger partial charge is 0.481 e. The number of nitrogens with zero attached hydrogens (tertiary/aromatic N) is 6. The van der Waals surface area contributed by atoms with Crippen molar-refractivity contribution in [2.24, 2.45) is 28.0 Å². The maximum Gasteiger partial charge on any atom is 0.303 e. The summed E-state index contributed by atoms with van der Waals surface area (Å²) in [6.45, 7) is 7.78. The van der Waals surface area contributed by atoms with Crippen LogP contribution in [0.3, 0.4) is 0 Å².